The molecule has 3 rings (SSSR count). The molecular formula is C15H12N2O4. The zero-order valence-electron chi connectivity index (χ0n) is 11.2. The molecule has 0 fully saturated rings. The molecule has 0 saturated heterocycles. The van der Waals surface area contributed by atoms with Gasteiger partial charge in [0.15, 0.2) is 11.9 Å². The largest absolute Gasteiger partial charge is 0.457 e. The first kappa shape index (κ1) is 13.1. The predicted molar refractivity (Wildman–Crippen MR) is 74.9 cm³/mol. The van der Waals surface area contributed by atoms with Gasteiger partial charge < -0.3 is 14.1 Å². The number of carbonyl (C=O) groups excluding carboxylic acids is 1. The van der Waals surface area contributed by atoms with Gasteiger partial charge in [-0.25, -0.2) is 9.78 Å². The van der Waals surface area contributed by atoms with Crippen LogP contribution in [0.2, 0.25) is 0 Å². The molecule has 21 heavy (non-hydrogen) atoms. The van der Waals surface area contributed by atoms with E-state index in [9.17, 15) is 9.59 Å². The van der Waals surface area contributed by atoms with Gasteiger partial charge in [-0.3, -0.25) is 4.79 Å². The average Bonchev–Trinajstić information content (AvgIpc) is 3.01. The summed E-state index contributed by atoms with van der Waals surface area (Å²) in [5, 5.41) is 0.491. The third kappa shape index (κ3) is 2.55. The quantitative estimate of drug-likeness (QED) is 0.746. The number of aromatic amines is 1. The van der Waals surface area contributed by atoms with E-state index in [2.05, 4.69) is 9.97 Å². The second-order valence-corrected chi connectivity index (χ2v) is 4.49. The number of aromatic nitrogens is 2. The molecule has 106 valence electrons. The van der Waals surface area contributed by atoms with Crippen molar-refractivity contribution in [3.63, 3.8) is 0 Å². The molecule has 2 heterocycles. The number of esters is 1. The summed E-state index contributed by atoms with van der Waals surface area (Å²) in [6.45, 7) is 1.63. The summed E-state index contributed by atoms with van der Waals surface area (Å²) in [5.41, 5.74) is 0.286. The van der Waals surface area contributed by atoms with Crippen LogP contribution in [-0.2, 0) is 4.74 Å². The van der Waals surface area contributed by atoms with Crippen molar-refractivity contribution in [3.05, 3.63) is 64.6 Å². The van der Waals surface area contributed by atoms with E-state index >= 15 is 0 Å². The number of para-hydroxylation sites is 1. The molecule has 1 N–H and O–H groups in total. The monoisotopic (exact) mass is 284 g/mol. The lowest BCUT2D eigenvalue weighted by atomic mass is 10.2. The topological polar surface area (TPSA) is 85.2 Å². The fraction of sp³-hybridized carbons (Fsp3) is 0.133. The van der Waals surface area contributed by atoms with E-state index in [1.807, 2.05) is 0 Å². The van der Waals surface area contributed by atoms with Crippen LogP contribution in [0.3, 0.4) is 0 Å². The number of rotatable bonds is 3. The van der Waals surface area contributed by atoms with E-state index in [0.717, 1.165) is 0 Å². The Kier molecular flexibility index (Phi) is 3.27. The lowest BCUT2D eigenvalue weighted by molar-refractivity contribution is 0.0284. The lowest BCUT2D eigenvalue weighted by Gasteiger charge is -2.11. The fourth-order valence-corrected chi connectivity index (χ4v) is 1.97. The third-order valence-electron chi connectivity index (χ3n) is 3.02. The first-order valence-corrected chi connectivity index (χ1v) is 6.38. The Labute approximate surface area is 119 Å². The molecule has 2 aromatic heterocycles. The number of hydrogen-bond acceptors (Lipinski definition) is 5. The molecule has 0 aliphatic heterocycles. The van der Waals surface area contributed by atoms with Crippen LogP contribution in [0.1, 0.15) is 29.4 Å². The van der Waals surface area contributed by atoms with Gasteiger partial charge >= 0.3 is 5.97 Å². The van der Waals surface area contributed by atoms with Crippen LogP contribution in [0.5, 0.6) is 0 Å². The predicted octanol–water partition coefficient (Wildman–Crippen LogP) is 2.43. The standard InChI is InChI=1S/C15H12N2O4/c1-9(21-15(19)12-7-4-8-20-12)13-16-11-6-3-2-5-10(11)14(18)17-13/h2-9H,1H3,(H,16,17,18)/t9-/m1/s1. The van der Waals surface area contributed by atoms with E-state index in [4.69, 9.17) is 9.15 Å². The second kappa shape index (κ2) is 5.24. The van der Waals surface area contributed by atoms with Crippen molar-refractivity contribution in [2.24, 2.45) is 0 Å². The summed E-state index contributed by atoms with van der Waals surface area (Å²) < 4.78 is 10.2. The number of nitrogens with zero attached hydrogens (tertiary/aromatic N) is 1. The molecule has 0 aliphatic rings. The second-order valence-electron chi connectivity index (χ2n) is 4.49. The molecule has 0 spiro atoms. The van der Waals surface area contributed by atoms with Crippen molar-refractivity contribution >= 4 is 16.9 Å². The van der Waals surface area contributed by atoms with Gasteiger partial charge in [-0.2, -0.15) is 0 Å². The van der Waals surface area contributed by atoms with Crippen LogP contribution in [0, 0.1) is 0 Å². The Balaban J connectivity index is 1.89. The van der Waals surface area contributed by atoms with E-state index in [1.54, 1.807) is 37.3 Å². The van der Waals surface area contributed by atoms with E-state index in [1.165, 1.54) is 12.3 Å². The van der Waals surface area contributed by atoms with Crippen molar-refractivity contribution < 1.29 is 13.9 Å². The first-order valence-electron chi connectivity index (χ1n) is 6.38. The van der Waals surface area contributed by atoms with Gasteiger partial charge in [0, 0.05) is 0 Å². The highest BCUT2D eigenvalue weighted by Gasteiger charge is 2.18. The van der Waals surface area contributed by atoms with Crippen molar-refractivity contribution in [1.82, 2.24) is 9.97 Å². The normalized spacial score (nSPS) is 12.2. The fourth-order valence-electron chi connectivity index (χ4n) is 1.97. The van der Waals surface area contributed by atoms with Crippen LogP contribution in [0.15, 0.2) is 51.9 Å². The number of nitrogens with one attached hydrogen (secondary N) is 1. The minimum absolute atomic E-state index is 0.102. The molecule has 1 atom stereocenters. The summed E-state index contributed by atoms with van der Waals surface area (Å²) in [7, 11) is 0. The van der Waals surface area contributed by atoms with Gasteiger partial charge in [-0.1, -0.05) is 12.1 Å². The van der Waals surface area contributed by atoms with Crippen LogP contribution in [-0.4, -0.2) is 15.9 Å². The Hall–Kier alpha value is -2.89. The number of ether oxygens (including phenoxy) is 1. The molecule has 0 radical (unpaired) electrons. The maximum atomic E-state index is 12.0. The minimum atomic E-state index is -0.695. The summed E-state index contributed by atoms with van der Waals surface area (Å²) in [5.74, 6) is -0.216. The highest BCUT2D eigenvalue weighted by Crippen LogP contribution is 2.16. The Bertz CT molecular complexity index is 836. The van der Waals surface area contributed by atoms with Crippen LogP contribution in [0.25, 0.3) is 10.9 Å². The van der Waals surface area contributed by atoms with E-state index in [-0.39, 0.29) is 11.3 Å². The highest BCUT2D eigenvalue weighted by molar-refractivity contribution is 5.86. The number of furan rings is 1. The van der Waals surface area contributed by atoms with Crippen molar-refractivity contribution in [2.45, 2.75) is 13.0 Å². The van der Waals surface area contributed by atoms with Gasteiger partial charge in [0.1, 0.15) is 0 Å². The Morgan fingerprint density at radius 2 is 2.10 bits per heavy atom. The average molecular weight is 284 g/mol. The summed E-state index contributed by atoms with van der Waals surface area (Å²) in [6.07, 6.45) is 0.692. The molecule has 0 unspecified atom stereocenters. The number of H-pyrrole nitrogens is 1. The highest BCUT2D eigenvalue weighted by atomic mass is 16.6. The summed E-state index contributed by atoms with van der Waals surface area (Å²) in [4.78, 5) is 30.7. The smallest absolute Gasteiger partial charge is 0.374 e. The number of fused-ring (bicyclic) bond motifs is 1. The van der Waals surface area contributed by atoms with Crippen LogP contribution in [0.4, 0.5) is 0 Å². The third-order valence-corrected chi connectivity index (χ3v) is 3.02. The molecule has 3 aromatic rings. The molecule has 0 bridgehead atoms. The molecule has 1 aromatic carbocycles. The van der Waals surface area contributed by atoms with Crippen molar-refractivity contribution in [3.8, 4) is 0 Å². The number of hydrogen-bond donors (Lipinski definition) is 1. The molecule has 0 aliphatic carbocycles. The Morgan fingerprint density at radius 1 is 1.29 bits per heavy atom. The van der Waals surface area contributed by atoms with Crippen LogP contribution < -0.4 is 5.56 Å². The van der Waals surface area contributed by atoms with Crippen LogP contribution >= 0.6 is 0 Å². The number of benzene rings is 1. The van der Waals surface area contributed by atoms with Gasteiger partial charge in [-0.15, -0.1) is 0 Å². The molecule has 6 heteroatoms. The van der Waals surface area contributed by atoms with Gasteiger partial charge in [-0.05, 0) is 31.2 Å². The summed E-state index contributed by atoms with van der Waals surface area (Å²) in [6, 6.07) is 10.1. The van der Waals surface area contributed by atoms with Gasteiger partial charge in [0.2, 0.25) is 5.76 Å². The summed E-state index contributed by atoms with van der Waals surface area (Å²) >= 11 is 0. The van der Waals surface area contributed by atoms with Crippen molar-refractivity contribution in [1.29, 1.82) is 0 Å². The zero-order valence-corrected chi connectivity index (χ0v) is 11.2. The molecular weight excluding hydrogens is 272 g/mol. The minimum Gasteiger partial charge on any atom is -0.457 e. The van der Waals surface area contributed by atoms with Gasteiger partial charge in [0.25, 0.3) is 5.56 Å². The van der Waals surface area contributed by atoms with Gasteiger partial charge in [0.05, 0.1) is 17.2 Å². The number of carbonyl (C=O) groups is 1. The van der Waals surface area contributed by atoms with Crippen molar-refractivity contribution in [2.75, 3.05) is 0 Å². The lowest BCUT2D eigenvalue weighted by Crippen LogP contribution is -2.17. The Morgan fingerprint density at radius 3 is 2.86 bits per heavy atom. The molecule has 0 amide bonds. The SMILES string of the molecule is C[C@@H](OC(=O)c1ccco1)c1nc2ccccc2c(=O)[nH]1. The molecule has 6 nitrogen and oxygen atoms in total. The molecule has 0 saturated carbocycles. The van der Waals surface area contributed by atoms with E-state index in [0.29, 0.717) is 16.7 Å². The zero-order chi connectivity index (χ0) is 14.8. The maximum Gasteiger partial charge on any atom is 0.374 e. The first-order chi connectivity index (χ1) is 10.1. The van der Waals surface area contributed by atoms with E-state index < -0.39 is 12.1 Å². The maximum absolute atomic E-state index is 12.0.